The predicted molar refractivity (Wildman–Crippen MR) is 67.7 cm³/mol. The quantitative estimate of drug-likeness (QED) is 0.800. The molecule has 6 nitrogen and oxygen atoms in total. The number of hydrogen-bond acceptors (Lipinski definition) is 6. The molecule has 1 rings (SSSR count). The molecule has 0 aliphatic heterocycles. The second-order valence-electron chi connectivity index (χ2n) is 4.65. The molecular weight excluding hydrogens is 234 g/mol. The molecule has 0 aromatic carbocycles. The summed E-state index contributed by atoms with van der Waals surface area (Å²) in [5.74, 6) is 0.0736. The first kappa shape index (κ1) is 14.4. The van der Waals surface area contributed by atoms with E-state index < -0.39 is 5.97 Å². The lowest BCUT2D eigenvalue weighted by Gasteiger charge is -2.26. The second-order valence-corrected chi connectivity index (χ2v) is 4.65. The summed E-state index contributed by atoms with van der Waals surface area (Å²) in [7, 11) is 2.94. The monoisotopic (exact) mass is 253 g/mol. The first-order chi connectivity index (χ1) is 8.38. The molecule has 18 heavy (non-hydrogen) atoms. The van der Waals surface area contributed by atoms with Gasteiger partial charge < -0.3 is 14.8 Å². The molecule has 100 valence electrons. The lowest BCUT2D eigenvalue weighted by atomic mass is 10.1. The molecule has 0 radical (unpaired) electrons. The molecule has 6 heteroatoms. The number of methoxy groups -OCH3 is 2. The van der Waals surface area contributed by atoms with E-state index in [9.17, 15) is 4.79 Å². The van der Waals surface area contributed by atoms with Crippen LogP contribution in [0.25, 0.3) is 0 Å². The Morgan fingerprint density at radius 2 is 2.06 bits per heavy atom. The topological polar surface area (TPSA) is 73.3 Å². The van der Waals surface area contributed by atoms with Crippen molar-refractivity contribution in [1.82, 2.24) is 9.97 Å². The first-order valence-corrected chi connectivity index (χ1v) is 5.59. The van der Waals surface area contributed by atoms with Gasteiger partial charge in [-0.2, -0.15) is 0 Å². The van der Waals surface area contributed by atoms with E-state index >= 15 is 0 Å². The van der Waals surface area contributed by atoms with Crippen molar-refractivity contribution in [2.24, 2.45) is 0 Å². The summed E-state index contributed by atoms with van der Waals surface area (Å²) < 4.78 is 9.72. The third-order valence-electron chi connectivity index (χ3n) is 2.19. The van der Waals surface area contributed by atoms with Crippen molar-refractivity contribution >= 4 is 11.8 Å². The number of carbonyl (C=O) groups is 1. The van der Waals surface area contributed by atoms with Crippen molar-refractivity contribution in [3.05, 3.63) is 17.6 Å². The zero-order chi connectivity index (χ0) is 13.8. The molecule has 1 aromatic heterocycles. The molecule has 0 unspecified atom stereocenters. The fourth-order valence-corrected chi connectivity index (χ4v) is 1.56. The van der Waals surface area contributed by atoms with Crippen molar-refractivity contribution < 1.29 is 14.3 Å². The van der Waals surface area contributed by atoms with Crippen LogP contribution in [-0.2, 0) is 9.47 Å². The van der Waals surface area contributed by atoms with E-state index in [0.29, 0.717) is 18.1 Å². The Bertz CT molecular complexity index is 433. The molecule has 0 saturated carbocycles. The SMILES string of the molecule is COCC(C)(C)Nc1cc(C)nc(C(=O)OC)n1. The molecular formula is C12H19N3O3. The van der Waals surface area contributed by atoms with Crippen molar-refractivity contribution in [1.29, 1.82) is 0 Å². The van der Waals surface area contributed by atoms with Gasteiger partial charge in [0.15, 0.2) is 0 Å². The number of hydrogen-bond donors (Lipinski definition) is 1. The molecule has 1 heterocycles. The lowest BCUT2D eigenvalue weighted by Crippen LogP contribution is -2.36. The highest BCUT2D eigenvalue weighted by Gasteiger charge is 2.19. The van der Waals surface area contributed by atoms with Crippen LogP contribution in [0.15, 0.2) is 6.07 Å². The van der Waals surface area contributed by atoms with Gasteiger partial charge in [-0.1, -0.05) is 0 Å². The average molecular weight is 253 g/mol. The third-order valence-corrected chi connectivity index (χ3v) is 2.19. The minimum Gasteiger partial charge on any atom is -0.463 e. The number of aromatic nitrogens is 2. The maximum Gasteiger partial charge on any atom is 0.376 e. The lowest BCUT2D eigenvalue weighted by molar-refractivity contribution is 0.0586. The van der Waals surface area contributed by atoms with Crippen LogP contribution < -0.4 is 5.32 Å². The smallest absolute Gasteiger partial charge is 0.376 e. The fourth-order valence-electron chi connectivity index (χ4n) is 1.56. The van der Waals surface area contributed by atoms with E-state index in [1.54, 1.807) is 20.1 Å². The summed E-state index contributed by atoms with van der Waals surface area (Å²) in [6.07, 6.45) is 0. The number of anilines is 1. The Morgan fingerprint density at radius 3 is 2.61 bits per heavy atom. The van der Waals surface area contributed by atoms with E-state index in [4.69, 9.17) is 4.74 Å². The van der Waals surface area contributed by atoms with E-state index in [0.717, 1.165) is 0 Å². The molecule has 1 aromatic rings. The number of nitrogens with zero attached hydrogens (tertiary/aromatic N) is 2. The Kier molecular flexibility index (Phi) is 4.61. The van der Waals surface area contributed by atoms with Gasteiger partial charge in [0.25, 0.3) is 0 Å². The van der Waals surface area contributed by atoms with Gasteiger partial charge in [0.2, 0.25) is 5.82 Å². The maximum absolute atomic E-state index is 11.4. The van der Waals surface area contributed by atoms with Gasteiger partial charge in [0.1, 0.15) is 5.82 Å². The number of ether oxygens (including phenoxy) is 2. The minimum absolute atomic E-state index is 0.0493. The number of aryl methyl sites for hydroxylation is 1. The van der Waals surface area contributed by atoms with Crippen molar-refractivity contribution in [3.63, 3.8) is 0 Å². The molecule has 1 N–H and O–H groups in total. The standard InChI is InChI=1S/C12H19N3O3/c1-8-6-9(15-12(2,3)7-17-4)14-10(13-8)11(16)18-5/h6H,7H2,1-5H3,(H,13,14,15). The highest BCUT2D eigenvalue weighted by Crippen LogP contribution is 2.14. The number of esters is 1. The van der Waals surface area contributed by atoms with Gasteiger partial charge in [-0.05, 0) is 20.8 Å². The van der Waals surface area contributed by atoms with E-state index in [1.807, 2.05) is 13.8 Å². The van der Waals surface area contributed by atoms with E-state index in [2.05, 4.69) is 20.0 Å². The van der Waals surface area contributed by atoms with Gasteiger partial charge >= 0.3 is 5.97 Å². The average Bonchev–Trinajstić information content (AvgIpc) is 2.26. The molecule has 0 aliphatic rings. The molecule has 0 spiro atoms. The largest absolute Gasteiger partial charge is 0.463 e. The molecule has 0 atom stereocenters. The summed E-state index contributed by atoms with van der Waals surface area (Å²) in [5, 5.41) is 3.20. The normalized spacial score (nSPS) is 11.2. The highest BCUT2D eigenvalue weighted by atomic mass is 16.5. The first-order valence-electron chi connectivity index (χ1n) is 5.59. The van der Waals surface area contributed by atoms with Gasteiger partial charge in [-0.3, -0.25) is 0 Å². The Hall–Kier alpha value is -1.69. The Balaban J connectivity index is 2.96. The second kappa shape index (κ2) is 5.77. The Morgan fingerprint density at radius 1 is 1.39 bits per heavy atom. The maximum atomic E-state index is 11.4. The number of carbonyl (C=O) groups excluding carboxylic acids is 1. The summed E-state index contributed by atoms with van der Waals surface area (Å²) in [5.41, 5.74) is 0.407. The van der Waals surface area contributed by atoms with Crippen molar-refractivity contribution in [2.45, 2.75) is 26.3 Å². The third kappa shape index (κ3) is 3.96. The van der Waals surface area contributed by atoms with Crippen LogP contribution in [0, 0.1) is 6.92 Å². The molecule has 0 aliphatic carbocycles. The van der Waals surface area contributed by atoms with Crippen molar-refractivity contribution in [2.75, 3.05) is 26.1 Å². The molecule has 0 fully saturated rings. The summed E-state index contributed by atoms with van der Waals surface area (Å²) in [6.45, 7) is 6.27. The zero-order valence-electron chi connectivity index (χ0n) is 11.4. The van der Waals surface area contributed by atoms with Crippen LogP contribution >= 0.6 is 0 Å². The van der Waals surface area contributed by atoms with E-state index in [-0.39, 0.29) is 11.4 Å². The number of rotatable bonds is 5. The molecule has 0 bridgehead atoms. The predicted octanol–water partition coefficient (Wildman–Crippen LogP) is 1.41. The van der Waals surface area contributed by atoms with Gasteiger partial charge in [-0.15, -0.1) is 0 Å². The highest BCUT2D eigenvalue weighted by molar-refractivity contribution is 5.85. The van der Waals surface area contributed by atoms with Crippen LogP contribution in [0.1, 0.15) is 30.2 Å². The van der Waals surface area contributed by atoms with Crippen LogP contribution in [0.2, 0.25) is 0 Å². The Labute approximate surface area is 107 Å². The fraction of sp³-hybridized carbons (Fsp3) is 0.583. The van der Waals surface area contributed by atoms with E-state index in [1.165, 1.54) is 7.11 Å². The summed E-state index contributed by atoms with van der Waals surface area (Å²) in [6, 6.07) is 1.77. The zero-order valence-corrected chi connectivity index (χ0v) is 11.4. The van der Waals surface area contributed by atoms with Crippen LogP contribution in [0.3, 0.4) is 0 Å². The van der Waals surface area contributed by atoms with Crippen LogP contribution in [0.4, 0.5) is 5.82 Å². The van der Waals surface area contributed by atoms with Gasteiger partial charge in [0, 0.05) is 18.9 Å². The minimum atomic E-state index is -0.550. The summed E-state index contributed by atoms with van der Waals surface area (Å²) in [4.78, 5) is 19.6. The molecule has 0 amide bonds. The van der Waals surface area contributed by atoms with Crippen LogP contribution in [-0.4, -0.2) is 42.3 Å². The number of nitrogens with one attached hydrogen (secondary N) is 1. The van der Waals surface area contributed by atoms with Crippen molar-refractivity contribution in [3.8, 4) is 0 Å². The summed E-state index contributed by atoms with van der Waals surface area (Å²) >= 11 is 0. The van der Waals surface area contributed by atoms with Gasteiger partial charge in [-0.25, -0.2) is 14.8 Å². The van der Waals surface area contributed by atoms with Gasteiger partial charge in [0.05, 0.1) is 19.3 Å². The van der Waals surface area contributed by atoms with Crippen LogP contribution in [0.5, 0.6) is 0 Å². The molecule has 0 saturated heterocycles.